The predicted molar refractivity (Wildman–Crippen MR) is 90.0 cm³/mol. The third-order valence-corrected chi connectivity index (χ3v) is 3.33. The molecule has 0 amide bonds. The van der Waals surface area contributed by atoms with E-state index in [1.54, 1.807) is 13.2 Å². The van der Waals surface area contributed by atoms with E-state index in [9.17, 15) is 5.11 Å². The molecule has 1 atom stereocenters. The summed E-state index contributed by atoms with van der Waals surface area (Å²) < 4.78 is 10.4. The molecule has 0 aliphatic carbocycles. The Morgan fingerprint density at radius 2 is 2.23 bits per heavy atom. The molecule has 0 aromatic heterocycles. The number of rotatable bonds is 12. The van der Waals surface area contributed by atoms with Crippen LogP contribution >= 0.6 is 0 Å². The largest absolute Gasteiger partial charge is 0.389 e. The van der Waals surface area contributed by atoms with Crippen LogP contribution in [0.3, 0.4) is 0 Å². The minimum atomic E-state index is -0.493. The van der Waals surface area contributed by atoms with Gasteiger partial charge in [0.15, 0.2) is 0 Å². The normalized spacial score (nSPS) is 12.5. The molecule has 0 saturated carbocycles. The van der Waals surface area contributed by atoms with Gasteiger partial charge in [-0.25, -0.2) is 0 Å². The molecule has 0 unspecified atom stereocenters. The molecular formula is C18H29NO3. The first-order valence-corrected chi connectivity index (χ1v) is 7.79. The number of ether oxygens (including phenoxy) is 2. The lowest BCUT2D eigenvalue weighted by molar-refractivity contribution is 0.0229. The van der Waals surface area contributed by atoms with E-state index in [-0.39, 0.29) is 0 Å². The number of hydrogen-bond acceptors (Lipinski definition) is 4. The van der Waals surface area contributed by atoms with Crippen molar-refractivity contribution in [1.82, 2.24) is 4.90 Å². The van der Waals surface area contributed by atoms with E-state index in [0.29, 0.717) is 19.8 Å². The van der Waals surface area contributed by atoms with Crippen molar-refractivity contribution < 1.29 is 14.6 Å². The van der Waals surface area contributed by atoms with Crippen molar-refractivity contribution in [3.8, 4) is 0 Å². The quantitative estimate of drug-likeness (QED) is 0.475. The second-order valence-corrected chi connectivity index (χ2v) is 5.55. The molecule has 124 valence electrons. The van der Waals surface area contributed by atoms with Crippen LogP contribution in [0.15, 0.2) is 36.9 Å². The van der Waals surface area contributed by atoms with Crippen LogP contribution in [-0.2, 0) is 16.0 Å². The summed E-state index contributed by atoms with van der Waals surface area (Å²) >= 11 is 0. The van der Waals surface area contributed by atoms with Crippen molar-refractivity contribution in [2.24, 2.45) is 0 Å². The molecule has 4 nitrogen and oxygen atoms in total. The fourth-order valence-corrected chi connectivity index (χ4v) is 2.37. The van der Waals surface area contributed by atoms with Gasteiger partial charge in [0.2, 0.25) is 0 Å². The lowest BCUT2D eigenvalue weighted by atomic mass is 10.1. The van der Waals surface area contributed by atoms with Gasteiger partial charge in [-0.2, -0.15) is 0 Å². The Hall–Kier alpha value is -1.20. The average Bonchev–Trinajstić information content (AvgIpc) is 2.47. The molecule has 4 heteroatoms. The van der Waals surface area contributed by atoms with Crippen LogP contribution in [0.5, 0.6) is 0 Å². The van der Waals surface area contributed by atoms with Crippen molar-refractivity contribution in [2.75, 3.05) is 40.0 Å². The van der Waals surface area contributed by atoms with Gasteiger partial charge < -0.3 is 14.6 Å². The maximum absolute atomic E-state index is 10.1. The van der Waals surface area contributed by atoms with Crippen LogP contribution in [0.4, 0.5) is 0 Å². The molecule has 0 bridgehead atoms. The Labute approximate surface area is 134 Å². The first kappa shape index (κ1) is 18.8. The summed E-state index contributed by atoms with van der Waals surface area (Å²) in [6.45, 7) is 9.53. The van der Waals surface area contributed by atoms with Crippen molar-refractivity contribution in [1.29, 1.82) is 0 Å². The lowest BCUT2D eigenvalue weighted by Gasteiger charge is -2.25. The molecule has 1 N–H and O–H groups in total. The molecule has 0 aliphatic rings. The monoisotopic (exact) mass is 307 g/mol. The Bertz CT molecular complexity index is 423. The van der Waals surface area contributed by atoms with Crippen molar-refractivity contribution in [3.63, 3.8) is 0 Å². The Morgan fingerprint density at radius 1 is 1.41 bits per heavy atom. The van der Waals surface area contributed by atoms with E-state index in [4.69, 9.17) is 9.47 Å². The molecule has 0 spiro atoms. The topological polar surface area (TPSA) is 41.9 Å². The molecular weight excluding hydrogens is 278 g/mol. The molecule has 22 heavy (non-hydrogen) atoms. The van der Waals surface area contributed by atoms with Gasteiger partial charge in [0.05, 0.1) is 19.3 Å². The maximum atomic E-state index is 10.1. The van der Waals surface area contributed by atoms with Gasteiger partial charge in [-0.15, -0.1) is 6.58 Å². The van der Waals surface area contributed by atoms with Gasteiger partial charge in [-0.3, -0.25) is 4.90 Å². The van der Waals surface area contributed by atoms with E-state index >= 15 is 0 Å². The minimum Gasteiger partial charge on any atom is -0.389 e. The Morgan fingerprint density at radius 3 is 2.91 bits per heavy atom. The Balaban J connectivity index is 2.52. The molecule has 0 aliphatic heterocycles. The lowest BCUT2D eigenvalue weighted by Crippen LogP contribution is -2.35. The number of benzene rings is 1. The molecule has 0 saturated heterocycles. The van der Waals surface area contributed by atoms with Crippen LogP contribution < -0.4 is 0 Å². The number of hydrogen-bond donors (Lipinski definition) is 1. The van der Waals surface area contributed by atoms with E-state index in [1.807, 2.05) is 0 Å². The van der Waals surface area contributed by atoms with E-state index in [2.05, 4.69) is 42.7 Å². The van der Waals surface area contributed by atoms with Crippen molar-refractivity contribution in [2.45, 2.75) is 26.0 Å². The second kappa shape index (κ2) is 11.4. The van der Waals surface area contributed by atoms with Gasteiger partial charge in [0.1, 0.15) is 0 Å². The van der Waals surface area contributed by atoms with Gasteiger partial charge in [-0.1, -0.05) is 35.9 Å². The highest BCUT2D eigenvalue weighted by Crippen LogP contribution is 2.09. The summed E-state index contributed by atoms with van der Waals surface area (Å²) in [5.74, 6) is 0. The third-order valence-electron chi connectivity index (χ3n) is 3.33. The number of aliphatic hydroxyl groups excluding tert-OH is 1. The van der Waals surface area contributed by atoms with Gasteiger partial charge >= 0.3 is 0 Å². The summed E-state index contributed by atoms with van der Waals surface area (Å²) in [7, 11) is 1.71. The van der Waals surface area contributed by atoms with Gasteiger partial charge in [0, 0.05) is 33.4 Å². The number of nitrogens with zero attached hydrogens (tertiary/aromatic N) is 1. The van der Waals surface area contributed by atoms with Crippen LogP contribution in [0.2, 0.25) is 0 Å². The highest BCUT2D eigenvalue weighted by molar-refractivity contribution is 5.22. The van der Waals surface area contributed by atoms with Crippen LogP contribution in [0.25, 0.3) is 0 Å². The van der Waals surface area contributed by atoms with Crippen molar-refractivity contribution >= 4 is 0 Å². The second-order valence-electron chi connectivity index (χ2n) is 5.55. The first-order chi connectivity index (χ1) is 10.7. The fraction of sp³-hybridized carbons (Fsp3) is 0.556. The van der Waals surface area contributed by atoms with Crippen LogP contribution in [0, 0.1) is 6.92 Å². The summed E-state index contributed by atoms with van der Waals surface area (Å²) in [5, 5.41) is 10.1. The van der Waals surface area contributed by atoms with Crippen molar-refractivity contribution in [3.05, 3.63) is 48.0 Å². The summed E-state index contributed by atoms with van der Waals surface area (Å²) in [6.07, 6.45) is 2.14. The summed E-state index contributed by atoms with van der Waals surface area (Å²) in [5.41, 5.74) is 2.51. The van der Waals surface area contributed by atoms with E-state index in [0.717, 1.165) is 26.1 Å². The Kier molecular flexibility index (Phi) is 9.75. The average molecular weight is 307 g/mol. The number of methoxy groups -OCH3 is 1. The van der Waals surface area contributed by atoms with Crippen LogP contribution in [0.1, 0.15) is 17.5 Å². The standard InChI is InChI=1S/C18H29NO3/c1-4-10-22-15-18(20)14-19(9-6-11-21-3)13-17-8-5-7-16(2)12-17/h4-5,7-8,12,18,20H,1,6,9-11,13-15H2,2-3H3/t18-/m1/s1. The zero-order valence-electron chi connectivity index (χ0n) is 13.8. The number of aliphatic hydroxyl groups is 1. The highest BCUT2D eigenvalue weighted by atomic mass is 16.5. The molecule has 1 rings (SSSR count). The third kappa shape index (κ3) is 8.29. The van der Waals surface area contributed by atoms with Gasteiger partial charge in [0.25, 0.3) is 0 Å². The molecule has 1 aromatic rings. The summed E-state index contributed by atoms with van der Waals surface area (Å²) in [6, 6.07) is 8.47. The first-order valence-electron chi connectivity index (χ1n) is 7.79. The molecule has 0 fully saturated rings. The zero-order chi connectivity index (χ0) is 16.2. The molecule has 0 radical (unpaired) electrons. The molecule has 0 heterocycles. The smallest absolute Gasteiger partial charge is 0.0900 e. The number of aryl methyl sites for hydroxylation is 1. The van der Waals surface area contributed by atoms with E-state index in [1.165, 1.54) is 11.1 Å². The fourth-order valence-electron chi connectivity index (χ4n) is 2.37. The maximum Gasteiger partial charge on any atom is 0.0900 e. The van der Waals surface area contributed by atoms with Gasteiger partial charge in [-0.05, 0) is 18.9 Å². The van der Waals surface area contributed by atoms with E-state index < -0.39 is 6.10 Å². The molecule has 1 aromatic carbocycles. The van der Waals surface area contributed by atoms with Crippen LogP contribution in [-0.4, -0.2) is 56.1 Å². The zero-order valence-corrected chi connectivity index (χ0v) is 13.8. The SMILES string of the molecule is C=CCOC[C@H](O)CN(CCCOC)Cc1cccc(C)c1. The highest BCUT2D eigenvalue weighted by Gasteiger charge is 2.12. The minimum absolute atomic E-state index is 0.334. The predicted octanol–water partition coefficient (Wildman–Crippen LogP) is 2.40. The summed E-state index contributed by atoms with van der Waals surface area (Å²) in [4.78, 5) is 2.25.